The van der Waals surface area contributed by atoms with Crippen molar-refractivity contribution < 1.29 is 4.42 Å². The third-order valence-electron chi connectivity index (χ3n) is 3.33. The summed E-state index contributed by atoms with van der Waals surface area (Å²) in [6.45, 7) is 3.37. The maximum atomic E-state index is 5.96. The van der Waals surface area contributed by atoms with Crippen molar-refractivity contribution >= 4 is 38.7 Å². The van der Waals surface area contributed by atoms with Gasteiger partial charge in [-0.3, -0.25) is 0 Å². The molecule has 0 radical (unpaired) electrons. The Hall–Kier alpha value is -0.450. The number of hydrogen-bond donors (Lipinski definition) is 1. The van der Waals surface area contributed by atoms with Gasteiger partial charge < -0.3 is 9.73 Å². The van der Waals surface area contributed by atoms with E-state index in [1.54, 1.807) is 0 Å². The number of thioether (sulfide) groups is 1. The summed E-state index contributed by atoms with van der Waals surface area (Å²) in [7, 11) is 0. The third-order valence-corrected chi connectivity index (χ3v) is 5.15. The first-order valence-electron chi connectivity index (χ1n) is 6.26. The van der Waals surface area contributed by atoms with Crippen LogP contribution in [0.15, 0.2) is 33.2 Å². The molecule has 2 atom stereocenters. The van der Waals surface area contributed by atoms with Crippen molar-refractivity contribution in [3.05, 3.63) is 34.5 Å². The van der Waals surface area contributed by atoms with Crippen molar-refractivity contribution in [3.63, 3.8) is 0 Å². The molecule has 1 aliphatic heterocycles. The van der Waals surface area contributed by atoms with Gasteiger partial charge in [-0.1, -0.05) is 22.9 Å². The van der Waals surface area contributed by atoms with Gasteiger partial charge in [0.05, 0.1) is 6.04 Å². The van der Waals surface area contributed by atoms with Crippen molar-refractivity contribution in [3.8, 4) is 0 Å². The minimum Gasteiger partial charge on any atom is -0.459 e. The smallest absolute Gasteiger partial charge is 0.134 e. The zero-order chi connectivity index (χ0) is 12.5. The second-order valence-electron chi connectivity index (χ2n) is 4.77. The van der Waals surface area contributed by atoms with Crippen LogP contribution in [0, 0.1) is 0 Å². The lowest BCUT2D eigenvalue weighted by Gasteiger charge is -2.11. The second kappa shape index (κ2) is 5.27. The number of nitrogens with one attached hydrogen (secondary N) is 1. The van der Waals surface area contributed by atoms with Crippen LogP contribution in [-0.2, 0) is 0 Å². The predicted octanol–water partition coefficient (Wildman–Crippen LogP) is 4.35. The molecule has 1 N–H and O–H groups in total. The second-order valence-corrected chi connectivity index (χ2v) is 7.16. The molecule has 1 aromatic heterocycles. The zero-order valence-electron chi connectivity index (χ0n) is 10.3. The van der Waals surface area contributed by atoms with Gasteiger partial charge in [0, 0.05) is 20.9 Å². The Bertz CT molecular complexity index is 554. The van der Waals surface area contributed by atoms with Gasteiger partial charge in [-0.2, -0.15) is 11.8 Å². The molecule has 1 fully saturated rings. The molecule has 1 aliphatic rings. The highest BCUT2D eigenvalue weighted by Gasteiger charge is 2.20. The lowest BCUT2D eigenvalue weighted by molar-refractivity contribution is 0.458. The van der Waals surface area contributed by atoms with Crippen LogP contribution >= 0.6 is 27.7 Å². The van der Waals surface area contributed by atoms with Gasteiger partial charge in [0.2, 0.25) is 0 Å². The lowest BCUT2D eigenvalue weighted by atomic mass is 10.2. The van der Waals surface area contributed by atoms with Crippen LogP contribution < -0.4 is 5.32 Å². The van der Waals surface area contributed by atoms with Crippen LogP contribution in [0.3, 0.4) is 0 Å². The molecule has 1 saturated heterocycles. The molecule has 3 rings (SSSR count). The van der Waals surface area contributed by atoms with Crippen LogP contribution in [0.1, 0.15) is 25.1 Å². The number of benzene rings is 1. The predicted molar refractivity (Wildman–Crippen MR) is 81.2 cm³/mol. The molecule has 2 aromatic rings. The summed E-state index contributed by atoms with van der Waals surface area (Å²) in [5.41, 5.74) is 0.970. The van der Waals surface area contributed by atoms with Gasteiger partial charge in [-0.15, -0.1) is 0 Å². The van der Waals surface area contributed by atoms with Gasteiger partial charge in [-0.05, 0) is 37.2 Å². The van der Waals surface area contributed by atoms with E-state index in [2.05, 4.69) is 40.3 Å². The summed E-state index contributed by atoms with van der Waals surface area (Å²) in [5.74, 6) is 2.15. The number of hydrogen-bond acceptors (Lipinski definition) is 3. The maximum Gasteiger partial charge on any atom is 0.134 e. The fourth-order valence-corrected chi connectivity index (χ4v) is 3.72. The summed E-state index contributed by atoms with van der Waals surface area (Å²) in [5, 5.41) is 5.48. The number of rotatable bonds is 1. The summed E-state index contributed by atoms with van der Waals surface area (Å²) in [6.07, 6.45) is 1.23. The molecule has 2 nitrogen and oxygen atoms in total. The molecular weight excluding hydrogens is 310 g/mol. The van der Waals surface area contributed by atoms with E-state index in [4.69, 9.17) is 4.42 Å². The molecule has 2 heterocycles. The number of halogens is 1. The quantitative estimate of drug-likeness (QED) is 0.843. The van der Waals surface area contributed by atoms with E-state index in [-0.39, 0.29) is 0 Å². The summed E-state index contributed by atoms with van der Waals surface area (Å²) < 4.78 is 7.05. The van der Waals surface area contributed by atoms with Gasteiger partial charge >= 0.3 is 0 Å². The Labute approximate surface area is 120 Å². The Balaban J connectivity index is 1.89. The minimum absolute atomic E-state index is 0.339. The van der Waals surface area contributed by atoms with Crippen LogP contribution in [0.2, 0.25) is 0 Å². The van der Waals surface area contributed by atoms with E-state index in [1.807, 2.05) is 23.9 Å². The van der Waals surface area contributed by atoms with Crippen molar-refractivity contribution in [2.75, 3.05) is 12.3 Å². The van der Waals surface area contributed by atoms with E-state index in [0.717, 1.165) is 33.4 Å². The molecule has 4 heteroatoms. The van der Waals surface area contributed by atoms with Crippen LogP contribution in [0.5, 0.6) is 0 Å². The van der Waals surface area contributed by atoms with Crippen molar-refractivity contribution in [2.45, 2.75) is 24.6 Å². The van der Waals surface area contributed by atoms with Crippen molar-refractivity contribution in [1.29, 1.82) is 0 Å². The summed E-state index contributed by atoms with van der Waals surface area (Å²) >= 11 is 5.52. The van der Waals surface area contributed by atoms with Gasteiger partial charge in [-0.25, -0.2) is 0 Å². The molecule has 0 aliphatic carbocycles. The standard InChI is InChI=1S/C14H16BrNOS/c1-9-4-5-16-12(8-18-9)14-7-10-6-11(15)2-3-13(10)17-14/h2-3,6-7,9,12,16H,4-5,8H2,1H3. The summed E-state index contributed by atoms with van der Waals surface area (Å²) in [6, 6.07) is 8.65. The molecular formula is C14H16BrNOS. The van der Waals surface area contributed by atoms with E-state index >= 15 is 0 Å². The van der Waals surface area contributed by atoms with Crippen LogP contribution in [0.4, 0.5) is 0 Å². The SMILES string of the molecule is CC1CCNC(c2cc3cc(Br)ccc3o2)CS1. The number of furan rings is 1. The monoisotopic (exact) mass is 325 g/mol. The van der Waals surface area contributed by atoms with E-state index in [0.29, 0.717) is 6.04 Å². The zero-order valence-corrected chi connectivity index (χ0v) is 12.7. The largest absolute Gasteiger partial charge is 0.459 e. The lowest BCUT2D eigenvalue weighted by Crippen LogP contribution is -2.21. The third kappa shape index (κ3) is 2.60. The Morgan fingerprint density at radius 2 is 2.28 bits per heavy atom. The molecule has 18 heavy (non-hydrogen) atoms. The first-order chi connectivity index (χ1) is 8.72. The molecule has 0 bridgehead atoms. The van der Waals surface area contributed by atoms with Gasteiger partial charge in [0.15, 0.2) is 0 Å². The topological polar surface area (TPSA) is 25.2 Å². The summed E-state index contributed by atoms with van der Waals surface area (Å²) in [4.78, 5) is 0. The highest BCUT2D eigenvalue weighted by Crippen LogP contribution is 2.30. The Kier molecular flexibility index (Phi) is 3.68. The maximum absolute atomic E-state index is 5.96. The Morgan fingerprint density at radius 1 is 1.39 bits per heavy atom. The van der Waals surface area contributed by atoms with Crippen molar-refractivity contribution in [1.82, 2.24) is 5.32 Å². The van der Waals surface area contributed by atoms with Crippen LogP contribution in [-0.4, -0.2) is 17.5 Å². The minimum atomic E-state index is 0.339. The molecule has 0 saturated carbocycles. The van der Waals surface area contributed by atoms with E-state index in [1.165, 1.54) is 11.8 Å². The van der Waals surface area contributed by atoms with E-state index in [9.17, 15) is 0 Å². The first kappa shape index (κ1) is 12.6. The van der Waals surface area contributed by atoms with Crippen LogP contribution in [0.25, 0.3) is 11.0 Å². The molecule has 0 spiro atoms. The Morgan fingerprint density at radius 3 is 3.17 bits per heavy atom. The highest BCUT2D eigenvalue weighted by molar-refractivity contribution is 9.10. The van der Waals surface area contributed by atoms with E-state index < -0.39 is 0 Å². The first-order valence-corrected chi connectivity index (χ1v) is 8.10. The fraction of sp³-hybridized carbons (Fsp3) is 0.429. The molecule has 0 amide bonds. The normalized spacial score (nSPS) is 25.2. The highest BCUT2D eigenvalue weighted by atomic mass is 79.9. The average Bonchev–Trinajstić information content (AvgIpc) is 2.63. The number of fused-ring (bicyclic) bond motifs is 1. The fourth-order valence-electron chi connectivity index (χ4n) is 2.25. The molecule has 96 valence electrons. The average molecular weight is 326 g/mol. The van der Waals surface area contributed by atoms with Gasteiger partial charge in [0.1, 0.15) is 11.3 Å². The molecule has 2 unspecified atom stereocenters. The van der Waals surface area contributed by atoms with Crippen molar-refractivity contribution in [2.24, 2.45) is 0 Å². The van der Waals surface area contributed by atoms with Gasteiger partial charge in [0.25, 0.3) is 0 Å². The molecule has 1 aromatic carbocycles.